The standard InChI is InChI=1S/C80H97O4PSi2/c1-75(2,3)55-27-39-61(40-28-55)86(62-41-29-56(30-42-62)76(4,5)6,63-43-31-57(32-44-63)77(7,8)9)69-51-53-23-19-21-25-67(53)71-72-68-26-22-20-24-54(68)52-70(74(72)84-85(81,82)83-73(69)71)87(64-45-33-58(34-46-64)78(10,11)12,65-47-35-59(36-48-65)79(13,14)15)66-49-37-60(38-50-66)80(16,17)18/h27-52H,19-26H2,1-18H3,(H,81,82). The van der Waals surface area contributed by atoms with E-state index in [2.05, 4.69) is 282 Å². The highest BCUT2D eigenvalue weighted by atomic mass is 31.2. The van der Waals surface area contributed by atoms with Gasteiger partial charge >= 0.3 is 7.82 Å². The van der Waals surface area contributed by atoms with Crippen LogP contribution in [0, 0.1) is 0 Å². The predicted octanol–water partition coefficient (Wildman–Crippen LogP) is 15.5. The first-order valence-corrected chi connectivity index (χ1v) is 37.9. The smallest absolute Gasteiger partial charge is 0.395 e. The second-order valence-electron chi connectivity index (χ2n) is 32.1. The van der Waals surface area contributed by atoms with Crippen LogP contribution in [0.1, 0.15) is 206 Å². The van der Waals surface area contributed by atoms with Gasteiger partial charge in [-0.15, -0.1) is 0 Å². The minimum Gasteiger partial charge on any atom is -0.395 e. The summed E-state index contributed by atoms with van der Waals surface area (Å²) in [5, 5.41) is 9.15. The number of benzene rings is 8. The lowest BCUT2D eigenvalue weighted by Crippen LogP contribution is -2.75. The molecule has 0 spiro atoms. The van der Waals surface area contributed by atoms with E-state index >= 15 is 4.57 Å². The molecule has 0 amide bonds. The average Bonchev–Trinajstić information content (AvgIpc) is 1.68. The number of rotatable bonds is 8. The van der Waals surface area contributed by atoms with Crippen molar-refractivity contribution < 1.29 is 18.5 Å². The number of hydrogen-bond acceptors (Lipinski definition) is 3. The molecule has 2 aliphatic carbocycles. The minimum absolute atomic E-state index is 0.0880. The van der Waals surface area contributed by atoms with Gasteiger partial charge in [0, 0.05) is 11.1 Å². The second-order valence-corrected chi connectivity index (χ2v) is 40.9. The number of phosphoric acid groups is 1. The first-order valence-electron chi connectivity index (χ1n) is 32.4. The van der Waals surface area contributed by atoms with E-state index in [0.717, 1.165) is 72.9 Å². The molecule has 0 fully saturated rings. The van der Waals surface area contributed by atoms with Gasteiger partial charge in [-0.2, -0.15) is 0 Å². The zero-order valence-electron chi connectivity index (χ0n) is 55.8. The highest BCUT2D eigenvalue weighted by Gasteiger charge is 2.52. The Morgan fingerprint density at radius 1 is 0.322 bits per heavy atom. The summed E-state index contributed by atoms with van der Waals surface area (Å²) in [6.07, 6.45) is 7.55. The summed E-state index contributed by atoms with van der Waals surface area (Å²) in [6, 6.07) is 61.5. The number of phosphoric ester groups is 1. The van der Waals surface area contributed by atoms with Crippen molar-refractivity contribution in [2.75, 3.05) is 0 Å². The average molecular weight is 1210 g/mol. The van der Waals surface area contributed by atoms with E-state index in [1.165, 1.54) is 86.8 Å². The summed E-state index contributed by atoms with van der Waals surface area (Å²) < 4.78 is 31.0. The third-order valence-corrected chi connectivity index (χ3v) is 30.2. The van der Waals surface area contributed by atoms with Crippen molar-refractivity contribution >= 4 is 65.5 Å². The van der Waals surface area contributed by atoms with Gasteiger partial charge in [0.2, 0.25) is 0 Å². The van der Waals surface area contributed by atoms with E-state index in [-0.39, 0.29) is 32.5 Å². The summed E-state index contributed by atoms with van der Waals surface area (Å²) in [6.45, 7) is 41.1. The Bertz CT molecular complexity index is 3370. The molecule has 11 rings (SSSR count). The maximum Gasteiger partial charge on any atom is 0.584 e. The van der Waals surface area contributed by atoms with Gasteiger partial charge in [0.15, 0.2) is 16.1 Å². The van der Waals surface area contributed by atoms with Crippen LogP contribution >= 0.6 is 7.82 Å². The molecule has 1 heterocycles. The van der Waals surface area contributed by atoms with E-state index in [1.54, 1.807) is 0 Å². The van der Waals surface area contributed by atoms with Crippen LogP contribution in [-0.4, -0.2) is 21.0 Å². The molecule has 1 aliphatic heterocycles. The van der Waals surface area contributed by atoms with Crippen LogP contribution in [-0.2, 0) is 62.7 Å². The van der Waals surface area contributed by atoms with Crippen LogP contribution in [0.4, 0.5) is 0 Å². The Balaban J connectivity index is 1.35. The largest absolute Gasteiger partial charge is 0.584 e. The molecule has 0 aromatic heterocycles. The fourth-order valence-electron chi connectivity index (χ4n) is 14.5. The fourth-order valence-corrected chi connectivity index (χ4v) is 25.3. The van der Waals surface area contributed by atoms with Crippen LogP contribution in [0.15, 0.2) is 158 Å². The first-order chi connectivity index (χ1) is 40.6. The molecule has 8 aromatic carbocycles. The van der Waals surface area contributed by atoms with E-state index in [9.17, 15) is 4.89 Å². The predicted molar refractivity (Wildman–Crippen MR) is 376 cm³/mol. The van der Waals surface area contributed by atoms with Crippen LogP contribution in [0.2, 0.25) is 0 Å². The van der Waals surface area contributed by atoms with Crippen molar-refractivity contribution in [3.8, 4) is 22.6 Å². The maximum atomic E-state index is 16.4. The maximum absolute atomic E-state index is 16.4. The van der Waals surface area contributed by atoms with E-state index in [0.29, 0.717) is 11.5 Å². The molecular weight excluding hydrogens is 1110 g/mol. The molecule has 0 saturated carbocycles. The Labute approximate surface area is 525 Å². The third-order valence-electron chi connectivity index (χ3n) is 19.8. The van der Waals surface area contributed by atoms with Gasteiger partial charge in [0.25, 0.3) is 0 Å². The molecule has 4 nitrogen and oxygen atoms in total. The topological polar surface area (TPSA) is 55.8 Å². The summed E-state index contributed by atoms with van der Waals surface area (Å²) in [5.74, 6) is 1.00. The van der Waals surface area contributed by atoms with Gasteiger partial charge in [-0.3, -0.25) is 4.89 Å². The monoisotopic (exact) mass is 1210 g/mol. The zero-order valence-corrected chi connectivity index (χ0v) is 58.7. The molecule has 0 radical (unpaired) electrons. The van der Waals surface area contributed by atoms with Crippen molar-refractivity contribution in [1.82, 2.24) is 0 Å². The zero-order chi connectivity index (χ0) is 62.7. The Kier molecular flexibility index (Phi) is 16.0. The summed E-state index contributed by atoms with van der Waals surface area (Å²) in [4.78, 5) is 13.4. The lowest BCUT2D eigenvalue weighted by atomic mass is 9.80. The molecule has 8 aromatic rings. The lowest BCUT2D eigenvalue weighted by molar-refractivity contribution is 0.295. The fraction of sp³-hybridized carbons (Fsp3) is 0.400. The third kappa shape index (κ3) is 11.5. The van der Waals surface area contributed by atoms with Gasteiger partial charge in [0.1, 0.15) is 11.5 Å². The van der Waals surface area contributed by atoms with Crippen LogP contribution in [0.25, 0.3) is 11.1 Å². The minimum atomic E-state index is -5.04. The molecule has 0 saturated heterocycles. The Hall–Kier alpha value is -6.02. The molecule has 3 aliphatic rings. The number of aryl methyl sites for hydroxylation is 2. The van der Waals surface area contributed by atoms with Gasteiger partial charge < -0.3 is 9.05 Å². The first kappa shape index (κ1) is 62.6. The van der Waals surface area contributed by atoms with Gasteiger partial charge in [0.05, 0.1) is 0 Å². The van der Waals surface area contributed by atoms with E-state index in [1.807, 2.05) is 0 Å². The Morgan fingerprint density at radius 2 is 0.517 bits per heavy atom. The van der Waals surface area contributed by atoms with Crippen LogP contribution in [0.3, 0.4) is 0 Å². The van der Waals surface area contributed by atoms with E-state index in [4.69, 9.17) is 9.05 Å². The normalized spacial score (nSPS) is 15.7. The van der Waals surface area contributed by atoms with Crippen LogP contribution in [0.5, 0.6) is 11.5 Å². The molecular formula is C80H97O4PSi2. The Morgan fingerprint density at radius 3 is 0.713 bits per heavy atom. The lowest BCUT2D eigenvalue weighted by Gasteiger charge is -2.39. The molecule has 87 heavy (non-hydrogen) atoms. The van der Waals surface area contributed by atoms with Crippen molar-refractivity contribution in [3.63, 3.8) is 0 Å². The quantitative estimate of drug-likeness (QED) is 0.0936. The number of hydrogen-bond donors (Lipinski definition) is 1. The van der Waals surface area contributed by atoms with Crippen molar-refractivity contribution in [2.45, 2.75) is 208 Å². The molecule has 454 valence electrons. The molecule has 0 atom stereocenters. The van der Waals surface area contributed by atoms with Gasteiger partial charge in [-0.05, 0) is 181 Å². The molecule has 7 heteroatoms. The molecule has 0 unspecified atom stereocenters. The molecule has 1 N–H and O–H groups in total. The second kappa shape index (κ2) is 22.2. The van der Waals surface area contributed by atoms with Gasteiger partial charge in [-0.25, -0.2) is 4.57 Å². The summed E-state index contributed by atoms with van der Waals surface area (Å²) in [7, 11) is -12.2. The van der Waals surface area contributed by atoms with Gasteiger partial charge in [-0.1, -0.05) is 282 Å². The van der Waals surface area contributed by atoms with E-state index < -0.39 is 24.0 Å². The SMILES string of the molecule is CC(C)(C)c1ccc([Si](c2ccc(C(C)(C)C)cc2)(c2ccc(C(C)(C)C)cc2)c2cc3c(c4c2OP(=O)(O)Oc2c([Si](c5ccc(C(C)(C)C)cc5)(c5ccc(C(C)(C)C)cc5)c5ccc(C(C)(C)C)cc5)cc5c(c2-4)CCCC5)CCCC3)cc1. The number of fused-ring (bicyclic) bond motifs is 7. The highest BCUT2D eigenvalue weighted by molar-refractivity contribution is 7.48. The van der Waals surface area contributed by atoms with Crippen LogP contribution < -0.4 is 50.5 Å². The van der Waals surface area contributed by atoms with Crippen molar-refractivity contribution in [2.24, 2.45) is 0 Å². The summed E-state index contributed by atoms with van der Waals surface area (Å²) >= 11 is 0. The van der Waals surface area contributed by atoms with Crippen molar-refractivity contribution in [3.05, 3.63) is 213 Å². The van der Waals surface area contributed by atoms with Crippen molar-refractivity contribution in [1.29, 1.82) is 0 Å². The summed E-state index contributed by atoms with van der Waals surface area (Å²) in [5.41, 5.74) is 14.0. The highest BCUT2D eigenvalue weighted by Crippen LogP contribution is 2.57. The molecule has 0 bridgehead atoms.